The fourth-order valence-corrected chi connectivity index (χ4v) is 3.56. The van der Waals surface area contributed by atoms with E-state index in [0.717, 1.165) is 17.5 Å². The summed E-state index contributed by atoms with van der Waals surface area (Å²) in [7, 11) is 0. The van der Waals surface area contributed by atoms with Crippen LogP contribution in [0.1, 0.15) is 44.2 Å². The van der Waals surface area contributed by atoms with Crippen LogP contribution in [-0.4, -0.2) is 36.9 Å². The van der Waals surface area contributed by atoms with Gasteiger partial charge in [0.05, 0.1) is 0 Å². The largest absolute Gasteiger partial charge is 0.454 e. The molecular weight excluding hydrogens is 264 g/mol. The molecule has 0 bridgehead atoms. The third kappa shape index (κ3) is 2.74. The van der Waals surface area contributed by atoms with E-state index < -0.39 is 0 Å². The van der Waals surface area contributed by atoms with E-state index in [1.165, 1.54) is 44.3 Å². The minimum Gasteiger partial charge on any atom is -0.454 e. The summed E-state index contributed by atoms with van der Waals surface area (Å²) in [5, 5.41) is 3.63. The van der Waals surface area contributed by atoms with Gasteiger partial charge in [-0.2, -0.15) is 0 Å². The highest BCUT2D eigenvalue weighted by atomic mass is 16.7. The summed E-state index contributed by atoms with van der Waals surface area (Å²) in [4.78, 5) is 2.68. The van der Waals surface area contributed by atoms with Gasteiger partial charge in [-0.3, -0.25) is 4.90 Å². The van der Waals surface area contributed by atoms with Crippen LogP contribution in [0.15, 0.2) is 18.2 Å². The lowest BCUT2D eigenvalue weighted by Crippen LogP contribution is -2.40. The Morgan fingerprint density at radius 3 is 2.86 bits per heavy atom. The summed E-state index contributed by atoms with van der Waals surface area (Å²) in [5.74, 6) is 1.77. The number of rotatable bonds is 5. The predicted molar refractivity (Wildman–Crippen MR) is 81.7 cm³/mol. The van der Waals surface area contributed by atoms with Crippen LogP contribution in [0.4, 0.5) is 0 Å². The lowest BCUT2D eigenvalue weighted by Gasteiger charge is -2.32. The van der Waals surface area contributed by atoms with Crippen LogP contribution < -0.4 is 14.8 Å². The standard InChI is InChI=1S/C17H24N2O2/c1-12(13-4-7-16-17(9-13)21-11-20-16)19(15-5-6-15)10-14-3-2-8-18-14/h4,7,9,12,14-15,18H,2-3,5-6,8,10-11H2,1H3. The summed E-state index contributed by atoms with van der Waals surface area (Å²) in [6.07, 6.45) is 5.34. The molecular formula is C17H24N2O2. The number of fused-ring (bicyclic) bond motifs is 1. The Bertz CT molecular complexity index is 510. The van der Waals surface area contributed by atoms with E-state index in [4.69, 9.17) is 9.47 Å². The molecule has 0 aromatic heterocycles. The second kappa shape index (κ2) is 5.50. The van der Waals surface area contributed by atoms with Gasteiger partial charge in [0, 0.05) is 24.7 Å². The van der Waals surface area contributed by atoms with Crippen LogP contribution in [0.2, 0.25) is 0 Å². The topological polar surface area (TPSA) is 33.7 Å². The van der Waals surface area contributed by atoms with E-state index in [1.807, 2.05) is 6.07 Å². The van der Waals surface area contributed by atoms with Gasteiger partial charge in [0.15, 0.2) is 11.5 Å². The minimum atomic E-state index is 0.353. The highest BCUT2D eigenvalue weighted by molar-refractivity contribution is 5.45. The SMILES string of the molecule is CC(c1ccc2c(c1)OCO2)N(CC1CCCN1)C1CC1. The van der Waals surface area contributed by atoms with Crippen molar-refractivity contribution in [2.75, 3.05) is 19.9 Å². The minimum absolute atomic E-state index is 0.353. The lowest BCUT2D eigenvalue weighted by molar-refractivity contribution is 0.173. The third-order valence-corrected chi connectivity index (χ3v) is 4.99. The molecule has 4 nitrogen and oxygen atoms in total. The Hall–Kier alpha value is -1.26. The van der Waals surface area contributed by atoms with Crippen LogP contribution in [0, 0.1) is 0 Å². The van der Waals surface area contributed by atoms with Crippen molar-refractivity contribution >= 4 is 0 Å². The van der Waals surface area contributed by atoms with Gasteiger partial charge in [-0.15, -0.1) is 0 Å². The van der Waals surface area contributed by atoms with Crippen molar-refractivity contribution in [1.29, 1.82) is 0 Å². The van der Waals surface area contributed by atoms with Crippen molar-refractivity contribution < 1.29 is 9.47 Å². The molecule has 1 saturated carbocycles. The van der Waals surface area contributed by atoms with Crippen molar-refractivity contribution in [3.63, 3.8) is 0 Å². The average molecular weight is 288 g/mol. The number of hydrogen-bond donors (Lipinski definition) is 1. The van der Waals surface area contributed by atoms with Crippen LogP contribution >= 0.6 is 0 Å². The zero-order valence-corrected chi connectivity index (χ0v) is 12.7. The van der Waals surface area contributed by atoms with Crippen molar-refractivity contribution in [3.05, 3.63) is 23.8 Å². The first-order valence-corrected chi connectivity index (χ1v) is 8.20. The van der Waals surface area contributed by atoms with Crippen molar-refractivity contribution in [2.45, 2.75) is 50.7 Å². The molecule has 2 atom stereocenters. The molecule has 1 aromatic rings. The van der Waals surface area contributed by atoms with E-state index in [1.54, 1.807) is 0 Å². The number of ether oxygens (including phenoxy) is 2. The molecule has 1 aromatic carbocycles. The van der Waals surface area contributed by atoms with Crippen LogP contribution in [0.25, 0.3) is 0 Å². The van der Waals surface area contributed by atoms with E-state index in [2.05, 4.69) is 29.3 Å². The maximum Gasteiger partial charge on any atom is 0.231 e. The number of hydrogen-bond acceptors (Lipinski definition) is 4. The van der Waals surface area contributed by atoms with Gasteiger partial charge in [0.2, 0.25) is 6.79 Å². The normalized spacial score (nSPS) is 25.5. The van der Waals surface area contributed by atoms with Crippen LogP contribution in [-0.2, 0) is 0 Å². The van der Waals surface area contributed by atoms with Gasteiger partial charge < -0.3 is 14.8 Å². The highest BCUT2D eigenvalue weighted by Gasteiger charge is 2.35. The molecule has 4 rings (SSSR count). The molecule has 3 aliphatic rings. The second-order valence-electron chi connectivity index (χ2n) is 6.51. The van der Waals surface area contributed by atoms with Crippen molar-refractivity contribution in [3.8, 4) is 11.5 Å². The van der Waals surface area contributed by atoms with E-state index in [9.17, 15) is 0 Å². The second-order valence-corrected chi connectivity index (χ2v) is 6.51. The van der Waals surface area contributed by atoms with Crippen LogP contribution in [0.3, 0.4) is 0 Å². The average Bonchev–Trinajstić information content (AvgIpc) is 3.02. The Kier molecular flexibility index (Phi) is 3.51. The zero-order valence-electron chi connectivity index (χ0n) is 12.7. The maximum absolute atomic E-state index is 5.53. The molecule has 2 aliphatic heterocycles. The molecule has 2 heterocycles. The zero-order chi connectivity index (χ0) is 14.2. The van der Waals surface area contributed by atoms with Gasteiger partial charge in [0.1, 0.15) is 0 Å². The summed E-state index contributed by atoms with van der Waals surface area (Å²) in [6.45, 7) is 5.03. The Morgan fingerprint density at radius 2 is 2.10 bits per heavy atom. The molecule has 1 saturated heterocycles. The smallest absolute Gasteiger partial charge is 0.231 e. The predicted octanol–water partition coefficient (Wildman–Crippen LogP) is 2.69. The fraction of sp³-hybridized carbons (Fsp3) is 0.647. The summed E-state index contributed by atoms with van der Waals surface area (Å²) in [6, 6.07) is 8.27. The van der Waals surface area contributed by atoms with Gasteiger partial charge in [0.25, 0.3) is 0 Å². The Labute approximate surface area is 126 Å². The number of nitrogens with zero attached hydrogens (tertiary/aromatic N) is 1. The molecule has 2 unspecified atom stereocenters. The van der Waals surface area contributed by atoms with Gasteiger partial charge in [-0.05, 0) is 56.8 Å². The van der Waals surface area contributed by atoms with E-state index in [-0.39, 0.29) is 0 Å². The van der Waals surface area contributed by atoms with E-state index >= 15 is 0 Å². The fourth-order valence-electron chi connectivity index (χ4n) is 3.56. The van der Waals surface area contributed by atoms with Crippen molar-refractivity contribution in [2.24, 2.45) is 0 Å². The molecule has 0 spiro atoms. The van der Waals surface area contributed by atoms with E-state index in [0.29, 0.717) is 18.9 Å². The number of benzene rings is 1. The summed E-state index contributed by atoms with van der Waals surface area (Å²) < 4.78 is 10.9. The molecule has 1 N–H and O–H groups in total. The van der Waals surface area contributed by atoms with Gasteiger partial charge in [-0.1, -0.05) is 6.07 Å². The first kappa shape index (κ1) is 13.4. The van der Waals surface area contributed by atoms with Crippen molar-refractivity contribution in [1.82, 2.24) is 10.2 Å². The highest BCUT2D eigenvalue weighted by Crippen LogP contribution is 2.39. The maximum atomic E-state index is 5.53. The summed E-state index contributed by atoms with van der Waals surface area (Å²) >= 11 is 0. The molecule has 0 radical (unpaired) electrons. The van der Waals surface area contributed by atoms with Gasteiger partial charge >= 0.3 is 0 Å². The molecule has 2 fully saturated rings. The monoisotopic (exact) mass is 288 g/mol. The molecule has 4 heteroatoms. The number of nitrogens with one attached hydrogen (secondary N) is 1. The molecule has 0 amide bonds. The van der Waals surface area contributed by atoms with Gasteiger partial charge in [-0.25, -0.2) is 0 Å². The molecule has 1 aliphatic carbocycles. The third-order valence-electron chi connectivity index (χ3n) is 4.99. The quantitative estimate of drug-likeness (QED) is 0.903. The molecule has 21 heavy (non-hydrogen) atoms. The van der Waals surface area contributed by atoms with Crippen LogP contribution in [0.5, 0.6) is 11.5 Å². The first-order chi connectivity index (χ1) is 10.3. The molecule has 114 valence electrons. The Morgan fingerprint density at radius 1 is 1.24 bits per heavy atom. The Balaban J connectivity index is 1.51. The summed E-state index contributed by atoms with van der Waals surface area (Å²) in [5.41, 5.74) is 1.34. The first-order valence-electron chi connectivity index (χ1n) is 8.20. The lowest BCUT2D eigenvalue weighted by atomic mass is 10.0.